The predicted octanol–water partition coefficient (Wildman–Crippen LogP) is 2.59. The Hall–Kier alpha value is -0.480. The molecule has 1 aromatic heterocycles. The summed E-state index contributed by atoms with van der Waals surface area (Å²) < 4.78 is 0. The molecule has 0 N–H and O–H groups in total. The van der Waals surface area contributed by atoms with Crippen molar-refractivity contribution in [1.82, 2.24) is 4.90 Å². The lowest BCUT2D eigenvalue weighted by Gasteiger charge is -2.23. The van der Waals surface area contributed by atoms with Gasteiger partial charge in [0.1, 0.15) is 0 Å². The molecule has 1 unspecified atom stereocenters. The summed E-state index contributed by atoms with van der Waals surface area (Å²) in [6.07, 6.45) is 0.509. The van der Waals surface area contributed by atoms with Crippen molar-refractivity contribution in [3.63, 3.8) is 0 Å². The van der Waals surface area contributed by atoms with Gasteiger partial charge in [0.2, 0.25) is 5.91 Å². The molecule has 0 aliphatic heterocycles. The first kappa shape index (κ1) is 11.6. The third kappa shape index (κ3) is 2.75. The Morgan fingerprint density at radius 3 is 2.93 bits per heavy atom. The zero-order chi connectivity index (χ0) is 10.6. The molecule has 1 heterocycles. The van der Waals surface area contributed by atoms with Gasteiger partial charge in [-0.25, -0.2) is 0 Å². The summed E-state index contributed by atoms with van der Waals surface area (Å²) in [7, 11) is 1.84. The van der Waals surface area contributed by atoms with Gasteiger partial charge in [-0.3, -0.25) is 4.79 Å². The van der Waals surface area contributed by atoms with E-state index in [4.69, 9.17) is 0 Å². The average molecular weight is 229 g/mol. The fourth-order valence-corrected chi connectivity index (χ4v) is 2.23. The molecule has 0 aromatic carbocycles. The Labute approximate surface area is 94.3 Å². The van der Waals surface area contributed by atoms with Crippen molar-refractivity contribution in [2.24, 2.45) is 0 Å². The standard InChI is InChI=1S/C10H15NOS2/c1-8(9-4-3-7-14-9)11(2)10(12)5-6-13/h3-4,7-8,13H,5-6H2,1-2H3. The lowest BCUT2D eigenvalue weighted by atomic mass is 10.2. The molecule has 1 aromatic rings. The van der Waals surface area contributed by atoms with Crippen LogP contribution >= 0.6 is 24.0 Å². The summed E-state index contributed by atoms with van der Waals surface area (Å²) in [6, 6.07) is 4.23. The van der Waals surface area contributed by atoms with Gasteiger partial charge in [-0.05, 0) is 24.1 Å². The smallest absolute Gasteiger partial charge is 0.223 e. The molecule has 0 saturated heterocycles. The number of nitrogens with zero attached hydrogens (tertiary/aromatic N) is 1. The predicted molar refractivity (Wildman–Crippen MR) is 64.0 cm³/mol. The van der Waals surface area contributed by atoms with E-state index in [1.165, 1.54) is 4.88 Å². The molecule has 1 amide bonds. The van der Waals surface area contributed by atoms with E-state index in [1.54, 1.807) is 16.2 Å². The minimum absolute atomic E-state index is 0.154. The maximum absolute atomic E-state index is 11.6. The van der Waals surface area contributed by atoms with Crippen molar-refractivity contribution in [3.8, 4) is 0 Å². The largest absolute Gasteiger partial charge is 0.338 e. The van der Waals surface area contributed by atoms with Crippen LogP contribution in [0.3, 0.4) is 0 Å². The number of amides is 1. The van der Waals surface area contributed by atoms with Gasteiger partial charge in [0.15, 0.2) is 0 Å². The first-order chi connectivity index (χ1) is 6.66. The van der Waals surface area contributed by atoms with Crippen molar-refractivity contribution < 1.29 is 4.79 Å². The van der Waals surface area contributed by atoms with Gasteiger partial charge in [0.25, 0.3) is 0 Å². The van der Waals surface area contributed by atoms with Crippen LogP contribution in [0.25, 0.3) is 0 Å². The van der Waals surface area contributed by atoms with E-state index in [0.29, 0.717) is 12.2 Å². The van der Waals surface area contributed by atoms with E-state index in [1.807, 2.05) is 25.4 Å². The van der Waals surface area contributed by atoms with E-state index in [-0.39, 0.29) is 11.9 Å². The lowest BCUT2D eigenvalue weighted by molar-refractivity contribution is -0.131. The van der Waals surface area contributed by atoms with E-state index in [9.17, 15) is 4.79 Å². The molecule has 0 saturated carbocycles. The Kier molecular flexibility index (Phi) is 4.48. The molecule has 0 spiro atoms. The first-order valence-electron chi connectivity index (χ1n) is 4.56. The Bertz CT molecular complexity index is 284. The van der Waals surface area contributed by atoms with Crippen LogP contribution in [0.2, 0.25) is 0 Å². The van der Waals surface area contributed by atoms with Gasteiger partial charge >= 0.3 is 0 Å². The highest BCUT2D eigenvalue weighted by Gasteiger charge is 2.16. The van der Waals surface area contributed by atoms with Crippen molar-refractivity contribution >= 4 is 29.9 Å². The van der Waals surface area contributed by atoms with Gasteiger partial charge in [-0.15, -0.1) is 11.3 Å². The molecule has 0 aliphatic rings. The summed E-state index contributed by atoms with van der Waals surface area (Å²) in [6.45, 7) is 2.04. The highest BCUT2D eigenvalue weighted by molar-refractivity contribution is 7.80. The summed E-state index contributed by atoms with van der Waals surface area (Å²) >= 11 is 5.74. The van der Waals surface area contributed by atoms with Gasteiger partial charge in [0, 0.05) is 18.3 Å². The second-order valence-corrected chi connectivity index (χ2v) is 4.60. The van der Waals surface area contributed by atoms with Crippen molar-refractivity contribution in [2.75, 3.05) is 12.8 Å². The van der Waals surface area contributed by atoms with Crippen LogP contribution in [0, 0.1) is 0 Å². The molecular formula is C10H15NOS2. The molecule has 14 heavy (non-hydrogen) atoms. The van der Waals surface area contributed by atoms with Crippen LogP contribution in [0.15, 0.2) is 17.5 Å². The van der Waals surface area contributed by atoms with Gasteiger partial charge in [-0.1, -0.05) is 6.07 Å². The van der Waals surface area contributed by atoms with E-state index >= 15 is 0 Å². The van der Waals surface area contributed by atoms with Gasteiger partial charge < -0.3 is 4.90 Å². The van der Waals surface area contributed by atoms with Crippen molar-refractivity contribution in [3.05, 3.63) is 22.4 Å². The third-order valence-corrected chi connectivity index (χ3v) is 3.52. The molecule has 0 aliphatic carbocycles. The van der Waals surface area contributed by atoms with Crippen LogP contribution in [-0.4, -0.2) is 23.6 Å². The fraction of sp³-hybridized carbons (Fsp3) is 0.500. The number of carbonyl (C=O) groups is 1. The summed E-state index contributed by atoms with van der Waals surface area (Å²) in [4.78, 5) is 14.6. The molecule has 0 fully saturated rings. The Morgan fingerprint density at radius 2 is 2.43 bits per heavy atom. The maximum atomic E-state index is 11.6. The summed E-state index contributed by atoms with van der Waals surface area (Å²) in [5, 5.41) is 2.03. The van der Waals surface area contributed by atoms with E-state index in [0.717, 1.165) is 0 Å². The molecule has 0 bridgehead atoms. The molecule has 1 rings (SSSR count). The molecular weight excluding hydrogens is 214 g/mol. The quantitative estimate of drug-likeness (QED) is 0.787. The number of thiol groups is 1. The number of rotatable bonds is 4. The van der Waals surface area contributed by atoms with Crippen LogP contribution in [0.1, 0.15) is 24.3 Å². The normalized spacial score (nSPS) is 12.5. The summed E-state index contributed by atoms with van der Waals surface area (Å²) in [5.41, 5.74) is 0. The first-order valence-corrected chi connectivity index (χ1v) is 6.08. The van der Waals surface area contributed by atoms with Gasteiger partial charge in [0.05, 0.1) is 6.04 Å². The highest BCUT2D eigenvalue weighted by atomic mass is 32.1. The van der Waals surface area contributed by atoms with Crippen molar-refractivity contribution in [1.29, 1.82) is 0 Å². The summed E-state index contributed by atoms with van der Waals surface area (Å²) in [5.74, 6) is 0.765. The second kappa shape index (κ2) is 5.41. The Balaban J connectivity index is 2.61. The monoisotopic (exact) mass is 229 g/mol. The Morgan fingerprint density at radius 1 is 1.71 bits per heavy atom. The number of carbonyl (C=O) groups excluding carboxylic acids is 1. The highest BCUT2D eigenvalue weighted by Crippen LogP contribution is 2.23. The second-order valence-electron chi connectivity index (χ2n) is 3.17. The molecule has 0 radical (unpaired) electrons. The fourth-order valence-electron chi connectivity index (χ4n) is 1.21. The van der Waals surface area contributed by atoms with Crippen LogP contribution < -0.4 is 0 Å². The molecule has 2 nitrogen and oxygen atoms in total. The van der Waals surface area contributed by atoms with Gasteiger partial charge in [-0.2, -0.15) is 12.6 Å². The SMILES string of the molecule is CC(c1cccs1)N(C)C(=O)CCS. The topological polar surface area (TPSA) is 20.3 Å². The lowest BCUT2D eigenvalue weighted by Crippen LogP contribution is -2.29. The number of hydrogen-bond donors (Lipinski definition) is 1. The zero-order valence-corrected chi connectivity index (χ0v) is 10.1. The van der Waals surface area contributed by atoms with Crippen LogP contribution in [0.4, 0.5) is 0 Å². The van der Waals surface area contributed by atoms with Crippen LogP contribution in [-0.2, 0) is 4.79 Å². The molecule has 1 atom stereocenters. The number of thiophene rings is 1. The van der Waals surface area contributed by atoms with E-state index < -0.39 is 0 Å². The minimum atomic E-state index is 0.154. The van der Waals surface area contributed by atoms with Crippen molar-refractivity contribution in [2.45, 2.75) is 19.4 Å². The third-order valence-electron chi connectivity index (χ3n) is 2.25. The average Bonchev–Trinajstić information content (AvgIpc) is 2.68. The molecule has 4 heteroatoms. The molecule has 78 valence electrons. The number of hydrogen-bond acceptors (Lipinski definition) is 3. The van der Waals surface area contributed by atoms with E-state index in [2.05, 4.69) is 18.7 Å². The maximum Gasteiger partial charge on any atom is 0.223 e. The zero-order valence-electron chi connectivity index (χ0n) is 8.43. The van der Waals surface area contributed by atoms with Crippen LogP contribution in [0.5, 0.6) is 0 Å². The minimum Gasteiger partial charge on any atom is -0.338 e.